The quantitative estimate of drug-likeness (QED) is 0.178. The second-order valence-electron chi connectivity index (χ2n) is 6.49. The van der Waals surface area contributed by atoms with Crippen LogP contribution in [0.4, 0.5) is 0 Å². The molecule has 0 unspecified atom stereocenters. The zero-order valence-electron chi connectivity index (χ0n) is 16.1. The molecule has 0 bridgehead atoms. The number of hydrogen-bond donors (Lipinski definition) is 4. The van der Waals surface area contributed by atoms with Crippen molar-refractivity contribution in [1.82, 2.24) is 9.80 Å². The van der Waals surface area contributed by atoms with Gasteiger partial charge >= 0.3 is 29.8 Å². The van der Waals surface area contributed by atoms with Crippen LogP contribution in [0.25, 0.3) is 0 Å². The minimum absolute atomic E-state index is 0.0844. The van der Waals surface area contributed by atoms with Crippen molar-refractivity contribution in [3.63, 3.8) is 0 Å². The van der Waals surface area contributed by atoms with Gasteiger partial charge in [0.25, 0.3) is 0 Å². The molecule has 0 aromatic carbocycles. The van der Waals surface area contributed by atoms with E-state index in [1.54, 1.807) is 0 Å². The zero-order valence-corrected chi connectivity index (χ0v) is 16.1. The summed E-state index contributed by atoms with van der Waals surface area (Å²) in [5.74, 6) is -6.24. The van der Waals surface area contributed by atoms with E-state index in [1.807, 2.05) is 0 Å². The number of carboxylic acids is 4. The minimum Gasteiger partial charge on any atom is -0.480 e. The normalized spacial score (nSPS) is 10.9. The van der Waals surface area contributed by atoms with Crippen LogP contribution >= 0.6 is 0 Å². The summed E-state index contributed by atoms with van der Waals surface area (Å²) in [6.45, 7) is 2.29. The molecule has 0 spiro atoms. The third-order valence-corrected chi connectivity index (χ3v) is 3.58. The van der Waals surface area contributed by atoms with Crippen molar-refractivity contribution in [2.45, 2.75) is 13.3 Å². The third-order valence-electron chi connectivity index (χ3n) is 3.58. The van der Waals surface area contributed by atoms with Crippen LogP contribution in [0, 0.1) is 5.92 Å². The number of carbonyl (C=O) groups is 5. The Labute approximate surface area is 167 Å². The van der Waals surface area contributed by atoms with E-state index < -0.39 is 61.9 Å². The maximum Gasteiger partial charge on any atom is 0.333 e. The molecular formula is C17H26N2O10. The highest BCUT2D eigenvalue weighted by Crippen LogP contribution is 2.11. The maximum absolute atomic E-state index is 11.5. The summed E-state index contributed by atoms with van der Waals surface area (Å²) in [4.78, 5) is 57.7. The molecule has 0 aliphatic heterocycles. The predicted octanol–water partition coefficient (Wildman–Crippen LogP) is -0.946. The summed E-state index contributed by atoms with van der Waals surface area (Å²) in [6, 6.07) is 0. The average Bonchev–Trinajstić information content (AvgIpc) is 2.51. The third kappa shape index (κ3) is 13.8. The molecule has 0 saturated heterocycles. The Morgan fingerprint density at radius 3 is 1.41 bits per heavy atom. The molecule has 0 amide bonds. The van der Waals surface area contributed by atoms with Crippen LogP contribution in [-0.4, -0.2) is 106 Å². The maximum atomic E-state index is 11.5. The Balaban J connectivity index is 5.29. The van der Waals surface area contributed by atoms with Crippen molar-refractivity contribution in [1.29, 1.82) is 0 Å². The van der Waals surface area contributed by atoms with Crippen molar-refractivity contribution in [3.05, 3.63) is 12.2 Å². The number of carboxylic acid groups (broad SMARTS) is 4. The van der Waals surface area contributed by atoms with Gasteiger partial charge in [-0.05, 0) is 19.3 Å². The average molecular weight is 418 g/mol. The van der Waals surface area contributed by atoms with Gasteiger partial charge in [-0.1, -0.05) is 6.58 Å². The molecule has 0 aromatic rings. The molecule has 0 heterocycles. The lowest BCUT2D eigenvalue weighted by atomic mass is 10.0. The molecule has 0 fully saturated rings. The largest absolute Gasteiger partial charge is 0.480 e. The van der Waals surface area contributed by atoms with Crippen molar-refractivity contribution in [2.75, 3.05) is 45.9 Å². The van der Waals surface area contributed by atoms with Crippen molar-refractivity contribution in [3.8, 4) is 0 Å². The molecule has 164 valence electrons. The fourth-order valence-corrected chi connectivity index (χ4v) is 2.55. The Morgan fingerprint density at radius 2 is 1.14 bits per heavy atom. The highest BCUT2D eigenvalue weighted by Gasteiger charge is 2.23. The number of esters is 1. The van der Waals surface area contributed by atoms with E-state index in [4.69, 9.17) is 25.2 Å². The van der Waals surface area contributed by atoms with Crippen molar-refractivity contribution < 1.29 is 49.1 Å². The summed E-state index contributed by atoms with van der Waals surface area (Å²) in [6.07, 6.45) is 0.129. The smallest absolute Gasteiger partial charge is 0.333 e. The molecule has 0 aliphatic carbocycles. The molecule has 12 nitrogen and oxygen atoms in total. The first kappa shape index (κ1) is 26.0. The van der Waals surface area contributed by atoms with E-state index >= 15 is 0 Å². The molecular weight excluding hydrogens is 392 g/mol. The first-order valence-electron chi connectivity index (χ1n) is 8.55. The molecule has 0 aromatic heterocycles. The fourth-order valence-electron chi connectivity index (χ4n) is 2.55. The van der Waals surface area contributed by atoms with Crippen LogP contribution in [0.15, 0.2) is 12.2 Å². The lowest BCUT2D eigenvalue weighted by Crippen LogP contribution is -2.44. The van der Waals surface area contributed by atoms with Gasteiger partial charge in [0.15, 0.2) is 0 Å². The lowest BCUT2D eigenvalue weighted by Gasteiger charge is -2.29. The van der Waals surface area contributed by atoms with E-state index in [9.17, 15) is 24.0 Å². The van der Waals surface area contributed by atoms with Crippen LogP contribution in [0.1, 0.15) is 13.3 Å². The molecule has 0 aliphatic rings. The van der Waals surface area contributed by atoms with Crippen molar-refractivity contribution in [2.24, 2.45) is 5.92 Å². The van der Waals surface area contributed by atoms with Crippen LogP contribution in [-0.2, 0) is 28.7 Å². The Bertz CT molecular complexity index is 564. The molecule has 0 atom stereocenters. The van der Waals surface area contributed by atoms with E-state index in [1.165, 1.54) is 6.92 Å². The number of nitrogens with zero attached hydrogens (tertiary/aromatic N) is 2. The molecule has 4 N–H and O–H groups in total. The number of rotatable bonds is 16. The van der Waals surface area contributed by atoms with Gasteiger partial charge in [0.05, 0.1) is 32.8 Å². The second-order valence-corrected chi connectivity index (χ2v) is 6.49. The van der Waals surface area contributed by atoms with E-state index in [2.05, 4.69) is 6.58 Å². The van der Waals surface area contributed by atoms with Gasteiger partial charge < -0.3 is 25.2 Å². The number of aliphatic carboxylic acids is 4. The molecule has 12 heteroatoms. The van der Waals surface area contributed by atoms with Crippen LogP contribution in [0.5, 0.6) is 0 Å². The summed E-state index contributed by atoms with van der Waals surface area (Å²) >= 11 is 0. The SMILES string of the molecule is C=C(C)C(=O)OCCC(CN(CC(=O)O)CC(=O)O)CN(CC(=O)O)CC(=O)O. The van der Waals surface area contributed by atoms with Crippen LogP contribution in [0.3, 0.4) is 0 Å². The zero-order chi connectivity index (χ0) is 22.6. The molecule has 0 radical (unpaired) electrons. The summed E-state index contributed by atoms with van der Waals surface area (Å²) in [5.41, 5.74) is 0.165. The Hall–Kier alpha value is -2.99. The van der Waals surface area contributed by atoms with Gasteiger partial charge in [0, 0.05) is 18.7 Å². The molecule has 0 saturated carbocycles. The number of hydrogen-bond acceptors (Lipinski definition) is 8. The first-order chi connectivity index (χ1) is 13.4. The topological polar surface area (TPSA) is 182 Å². The Kier molecular flexibility index (Phi) is 11.9. The molecule has 29 heavy (non-hydrogen) atoms. The standard InChI is InChI=1S/C17H26N2O10/c1-11(2)17(28)29-4-3-12(5-18(7-13(20)21)8-14(22)23)6-19(9-15(24)25)10-16(26)27/h12H,1,3-10H2,2H3,(H,20,21)(H,22,23)(H,24,25)(H,26,27). The van der Waals surface area contributed by atoms with Gasteiger partial charge in [0.2, 0.25) is 0 Å². The fraction of sp³-hybridized carbons (Fsp3) is 0.588. The van der Waals surface area contributed by atoms with Gasteiger partial charge in [-0.2, -0.15) is 0 Å². The number of ether oxygens (including phenoxy) is 1. The van der Waals surface area contributed by atoms with E-state index in [0.29, 0.717) is 0 Å². The minimum atomic E-state index is -1.26. The van der Waals surface area contributed by atoms with Crippen LogP contribution < -0.4 is 0 Å². The monoisotopic (exact) mass is 418 g/mol. The highest BCUT2D eigenvalue weighted by atomic mass is 16.5. The van der Waals surface area contributed by atoms with Gasteiger partial charge in [-0.3, -0.25) is 29.0 Å². The van der Waals surface area contributed by atoms with Gasteiger partial charge in [0.1, 0.15) is 0 Å². The highest BCUT2D eigenvalue weighted by molar-refractivity contribution is 5.86. The van der Waals surface area contributed by atoms with E-state index in [0.717, 1.165) is 9.80 Å². The number of carbonyl (C=O) groups excluding carboxylic acids is 1. The lowest BCUT2D eigenvalue weighted by molar-refractivity contribution is -0.143. The van der Waals surface area contributed by atoms with Crippen LogP contribution in [0.2, 0.25) is 0 Å². The summed E-state index contributed by atoms with van der Waals surface area (Å²) in [7, 11) is 0. The van der Waals surface area contributed by atoms with Gasteiger partial charge in [-0.15, -0.1) is 0 Å². The summed E-state index contributed by atoms with van der Waals surface area (Å²) in [5, 5.41) is 35.8. The van der Waals surface area contributed by atoms with Gasteiger partial charge in [-0.25, -0.2) is 4.79 Å². The van der Waals surface area contributed by atoms with Crippen molar-refractivity contribution >= 4 is 29.8 Å². The first-order valence-corrected chi connectivity index (χ1v) is 8.55. The molecule has 0 rings (SSSR count). The second kappa shape index (κ2) is 13.2. The summed E-state index contributed by atoms with van der Waals surface area (Å²) < 4.78 is 4.98. The van der Waals surface area contributed by atoms with E-state index in [-0.39, 0.29) is 31.7 Å². The predicted molar refractivity (Wildman–Crippen MR) is 97.3 cm³/mol. The Morgan fingerprint density at radius 1 is 0.793 bits per heavy atom.